The smallest absolute Gasteiger partial charge is 0.227 e. The summed E-state index contributed by atoms with van der Waals surface area (Å²) < 4.78 is 1.93. The minimum atomic E-state index is 0.173. The molecule has 1 fully saturated rings. The van der Waals surface area contributed by atoms with Crippen LogP contribution in [0, 0.1) is 5.92 Å². The summed E-state index contributed by atoms with van der Waals surface area (Å²) in [4.78, 5) is 18.1. The summed E-state index contributed by atoms with van der Waals surface area (Å²) in [5, 5.41) is 0. The number of thiol groups is 1. The Morgan fingerprint density at radius 2 is 2.11 bits per heavy atom. The van der Waals surface area contributed by atoms with E-state index in [4.69, 9.17) is 0 Å². The summed E-state index contributed by atoms with van der Waals surface area (Å²) >= 11 is 4.30. The maximum atomic E-state index is 12.1. The third-order valence-electron chi connectivity index (χ3n) is 3.42. The molecule has 2 heterocycles. The lowest BCUT2D eigenvalue weighted by molar-refractivity contribution is -0.117. The maximum Gasteiger partial charge on any atom is 0.227 e. The first-order chi connectivity index (χ1) is 9.29. The Morgan fingerprint density at radius 1 is 1.32 bits per heavy atom. The first-order valence-electron chi connectivity index (χ1n) is 6.28. The second-order valence-electron chi connectivity index (χ2n) is 4.72. The molecule has 3 rings (SSSR count). The Morgan fingerprint density at radius 3 is 2.74 bits per heavy atom. The Balaban J connectivity index is 2.00. The highest BCUT2D eigenvalue weighted by Gasteiger charge is 2.30. The zero-order chi connectivity index (χ0) is 13.2. The van der Waals surface area contributed by atoms with Crippen molar-refractivity contribution in [2.24, 2.45) is 5.92 Å². The minimum Gasteiger partial charge on any atom is -0.310 e. The van der Waals surface area contributed by atoms with Gasteiger partial charge in [-0.1, -0.05) is 12.1 Å². The predicted molar refractivity (Wildman–Crippen MR) is 77.9 cm³/mol. The SMILES string of the molecule is O=C1CC(CS)CN1c1ccccc1-n1ccnc1. The summed E-state index contributed by atoms with van der Waals surface area (Å²) in [6, 6.07) is 7.90. The Labute approximate surface area is 117 Å². The molecule has 19 heavy (non-hydrogen) atoms. The number of carbonyl (C=O) groups excluding carboxylic acids is 1. The molecule has 1 aromatic heterocycles. The molecule has 4 nitrogen and oxygen atoms in total. The number of hydrogen-bond donors (Lipinski definition) is 1. The average Bonchev–Trinajstić information content (AvgIpc) is 3.08. The van der Waals surface area contributed by atoms with Gasteiger partial charge in [-0.3, -0.25) is 4.79 Å². The molecule has 5 heteroatoms. The molecule has 1 aliphatic rings. The van der Waals surface area contributed by atoms with Gasteiger partial charge in [-0.05, 0) is 23.8 Å². The van der Waals surface area contributed by atoms with Crippen LogP contribution in [-0.2, 0) is 4.79 Å². The second kappa shape index (κ2) is 5.09. The van der Waals surface area contributed by atoms with Crippen molar-refractivity contribution in [2.75, 3.05) is 17.2 Å². The predicted octanol–water partition coefficient (Wildman–Crippen LogP) is 2.16. The molecule has 98 valence electrons. The number of benzene rings is 1. The van der Waals surface area contributed by atoms with Crippen molar-refractivity contribution >= 4 is 24.2 Å². The molecule has 0 bridgehead atoms. The summed E-state index contributed by atoms with van der Waals surface area (Å²) in [6.07, 6.45) is 5.95. The fourth-order valence-electron chi connectivity index (χ4n) is 2.45. The molecule has 2 aromatic rings. The van der Waals surface area contributed by atoms with E-state index in [9.17, 15) is 4.79 Å². The topological polar surface area (TPSA) is 38.1 Å². The van der Waals surface area contributed by atoms with Crippen molar-refractivity contribution < 1.29 is 4.79 Å². The fraction of sp³-hybridized carbons (Fsp3) is 0.286. The molecule has 1 atom stereocenters. The van der Waals surface area contributed by atoms with Gasteiger partial charge < -0.3 is 9.47 Å². The number of rotatable bonds is 3. The molecule has 0 radical (unpaired) electrons. The third-order valence-corrected chi connectivity index (χ3v) is 3.93. The summed E-state index contributed by atoms with van der Waals surface area (Å²) in [7, 11) is 0. The lowest BCUT2D eigenvalue weighted by atomic mass is 10.1. The average molecular weight is 273 g/mol. The van der Waals surface area contributed by atoms with E-state index in [1.54, 1.807) is 12.5 Å². The summed E-state index contributed by atoms with van der Waals surface area (Å²) in [5.74, 6) is 1.26. The normalized spacial score (nSPS) is 19.1. The molecule has 0 spiro atoms. The lowest BCUT2D eigenvalue weighted by Gasteiger charge is -2.20. The summed E-state index contributed by atoms with van der Waals surface area (Å²) in [5.41, 5.74) is 1.92. The van der Waals surface area contributed by atoms with Crippen molar-refractivity contribution in [3.05, 3.63) is 43.0 Å². The molecule has 0 aliphatic carbocycles. The van der Waals surface area contributed by atoms with Crippen LogP contribution in [0.1, 0.15) is 6.42 Å². The number of para-hydroxylation sites is 2. The molecular formula is C14H15N3OS. The molecular weight excluding hydrogens is 258 g/mol. The van der Waals surface area contributed by atoms with Crippen LogP contribution in [0.15, 0.2) is 43.0 Å². The van der Waals surface area contributed by atoms with Crippen molar-refractivity contribution in [2.45, 2.75) is 6.42 Å². The van der Waals surface area contributed by atoms with Crippen molar-refractivity contribution in [1.82, 2.24) is 9.55 Å². The quantitative estimate of drug-likeness (QED) is 0.870. The summed E-state index contributed by atoms with van der Waals surface area (Å²) in [6.45, 7) is 0.744. The number of anilines is 1. The molecule has 1 amide bonds. The zero-order valence-corrected chi connectivity index (χ0v) is 11.3. The number of carbonyl (C=O) groups is 1. The van der Waals surface area contributed by atoms with Crippen LogP contribution in [0.3, 0.4) is 0 Å². The van der Waals surface area contributed by atoms with Crippen molar-refractivity contribution in [3.8, 4) is 5.69 Å². The van der Waals surface area contributed by atoms with Gasteiger partial charge in [0.15, 0.2) is 0 Å². The third kappa shape index (κ3) is 2.26. The van der Waals surface area contributed by atoms with Crippen LogP contribution in [0.2, 0.25) is 0 Å². The Kier molecular flexibility index (Phi) is 3.29. The number of imidazole rings is 1. The van der Waals surface area contributed by atoms with E-state index in [1.165, 1.54) is 0 Å². The van der Waals surface area contributed by atoms with Gasteiger partial charge in [-0.2, -0.15) is 12.6 Å². The van der Waals surface area contributed by atoms with E-state index in [-0.39, 0.29) is 5.91 Å². The standard InChI is InChI=1S/C14H15N3OS/c18-14-7-11(9-19)8-17(14)13-4-2-1-3-12(13)16-6-5-15-10-16/h1-6,10-11,19H,7-9H2. The van der Waals surface area contributed by atoms with E-state index < -0.39 is 0 Å². The highest BCUT2D eigenvalue weighted by Crippen LogP contribution is 2.30. The van der Waals surface area contributed by atoms with Crippen LogP contribution in [0.25, 0.3) is 5.69 Å². The zero-order valence-electron chi connectivity index (χ0n) is 10.4. The van der Waals surface area contributed by atoms with Gasteiger partial charge in [-0.25, -0.2) is 4.98 Å². The monoisotopic (exact) mass is 273 g/mol. The molecule has 1 aromatic carbocycles. The highest BCUT2D eigenvalue weighted by atomic mass is 32.1. The first-order valence-corrected chi connectivity index (χ1v) is 6.91. The first kappa shape index (κ1) is 12.3. The number of hydrogen-bond acceptors (Lipinski definition) is 3. The van der Waals surface area contributed by atoms with Gasteiger partial charge in [0.05, 0.1) is 17.7 Å². The van der Waals surface area contributed by atoms with Gasteiger partial charge in [0.25, 0.3) is 0 Å². The Hall–Kier alpha value is -1.75. The van der Waals surface area contributed by atoms with Crippen molar-refractivity contribution in [1.29, 1.82) is 0 Å². The van der Waals surface area contributed by atoms with Gasteiger partial charge in [0.1, 0.15) is 0 Å². The highest BCUT2D eigenvalue weighted by molar-refractivity contribution is 7.80. The van der Waals surface area contributed by atoms with Crippen molar-refractivity contribution in [3.63, 3.8) is 0 Å². The number of nitrogens with zero attached hydrogens (tertiary/aromatic N) is 3. The van der Waals surface area contributed by atoms with Crippen LogP contribution in [-0.4, -0.2) is 27.8 Å². The molecule has 1 saturated heterocycles. The Bertz CT molecular complexity index is 582. The minimum absolute atomic E-state index is 0.173. The second-order valence-corrected chi connectivity index (χ2v) is 5.08. The number of aromatic nitrogens is 2. The van der Waals surface area contributed by atoms with Gasteiger partial charge in [0.2, 0.25) is 5.91 Å². The van der Waals surface area contributed by atoms with E-state index in [1.807, 2.05) is 39.9 Å². The van der Waals surface area contributed by atoms with Gasteiger partial charge in [0, 0.05) is 25.4 Å². The maximum absolute atomic E-state index is 12.1. The fourth-order valence-corrected chi connectivity index (χ4v) is 2.69. The molecule has 1 unspecified atom stereocenters. The lowest BCUT2D eigenvalue weighted by Crippen LogP contribution is -2.25. The van der Waals surface area contributed by atoms with Crippen LogP contribution < -0.4 is 4.90 Å². The largest absolute Gasteiger partial charge is 0.310 e. The molecule has 0 N–H and O–H groups in total. The molecule has 0 saturated carbocycles. The van der Waals surface area contributed by atoms with Crippen LogP contribution in [0.4, 0.5) is 5.69 Å². The molecule has 1 aliphatic heterocycles. The van der Waals surface area contributed by atoms with E-state index >= 15 is 0 Å². The van der Waals surface area contributed by atoms with Gasteiger partial charge >= 0.3 is 0 Å². The van der Waals surface area contributed by atoms with Gasteiger partial charge in [-0.15, -0.1) is 0 Å². The van der Waals surface area contributed by atoms with E-state index in [2.05, 4.69) is 17.6 Å². The number of amides is 1. The van der Waals surface area contributed by atoms with E-state index in [0.717, 1.165) is 23.7 Å². The van der Waals surface area contributed by atoms with E-state index in [0.29, 0.717) is 12.3 Å². The van der Waals surface area contributed by atoms with Crippen LogP contribution in [0.5, 0.6) is 0 Å². The van der Waals surface area contributed by atoms with Crippen LogP contribution >= 0.6 is 12.6 Å².